The molecular formula is C25H32N4O5S. The summed E-state index contributed by atoms with van der Waals surface area (Å²) in [5.74, 6) is -1.14. The average molecular weight is 501 g/mol. The topological polar surface area (TPSA) is 125 Å². The van der Waals surface area contributed by atoms with Gasteiger partial charge in [-0.3, -0.25) is 14.4 Å². The predicted molar refractivity (Wildman–Crippen MR) is 133 cm³/mol. The van der Waals surface area contributed by atoms with Crippen LogP contribution in [0.25, 0.3) is 0 Å². The number of sulfonamides is 1. The largest absolute Gasteiger partial charge is 0.353 e. The van der Waals surface area contributed by atoms with Crippen LogP contribution in [0.3, 0.4) is 0 Å². The van der Waals surface area contributed by atoms with Crippen molar-refractivity contribution in [2.75, 3.05) is 13.1 Å². The Morgan fingerprint density at radius 3 is 2.06 bits per heavy atom. The Bertz CT molecular complexity index is 1130. The number of hydrogen-bond donors (Lipinski definition) is 3. The maximum absolute atomic E-state index is 13.0. The molecule has 188 valence electrons. The third kappa shape index (κ3) is 7.12. The van der Waals surface area contributed by atoms with E-state index in [9.17, 15) is 22.8 Å². The quantitative estimate of drug-likeness (QED) is 0.450. The van der Waals surface area contributed by atoms with Crippen LogP contribution < -0.4 is 15.4 Å². The molecule has 3 N–H and O–H groups in total. The Balaban J connectivity index is 1.58. The first-order chi connectivity index (χ1) is 16.6. The van der Waals surface area contributed by atoms with Gasteiger partial charge < -0.3 is 15.5 Å². The summed E-state index contributed by atoms with van der Waals surface area (Å²) in [4.78, 5) is 39.1. The number of carbonyl (C=O) groups is 3. The van der Waals surface area contributed by atoms with E-state index in [2.05, 4.69) is 15.4 Å². The number of carbonyl (C=O) groups excluding carboxylic acids is 3. The van der Waals surface area contributed by atoms with E-state index in [1.165, 1.54) is 4.90 Å². The van der Waals surface area contributed by atoms with Crippen molar-refractivity contribution >= 4 is 27.7 Å². The summed E-state index contributed by atoms with van der Waals surface area (Å²) in [7, 11) is -3.87. The van der Waals surface area contributed by atoms with E-state index < -0.39 is 33.3 Å². The fourth-order valence-corrected chi connectivity index (χ4v) is 5.27. The van der Waals surface area contributed by atoms with Crippen LogP contribution in [-0.2, 0) is 26.0 Å². The summed E-state index contributed by atoms with van der Waals surface area (Å²) < 4.78 is 28.6. The summed E-state index contributed by atoms with van der Waals surface area (Å²) in [6.45, 7) is 5.15. The highest BCUT2D eigenvalue weighted by atomic mass is 32.2. The predicted octanol–water partition coefficient (Wildman–Crippen LogP) is 1.07. The molecular weight excluding hydrogens is 468 g/mol. The molecule has 2 aromatic rings. The number of benzene rings is 2. The third-order valence-electron chi connectivity index (χ3n) is 5.69. The van der Waals surface area contributed by atoms with Gasteiger partial charge in [-0.2, -0.15) is 0 Å². The second kappa shape index (κ2) is 11.5. The fraction of sp³-hybridized carbons (Fsp3) is 0.400. The summed E-state index contributed by atoms with van der Waals surface area (Å²) in [6.07, 6.45) is 0.205. The van der Waals surface area contributed by atoms with E-state index in [1.807, 2.05) is 30.3 Å². The van der Waals surface area contributed by atoms with E-state index in [-0.39, 0.29) is 37.4 Å². The molecule has 9 nitrogen and oxygen atoms in total. The first kappa shape index (κ1) is 26.4. The van der Waals surface area contributed by atoms with Gasteiger partial charge in [0.25, 0.3) is 5.91 Å². The lowest BCUT2D eigenvalue weighted by Crippen LogP contribution is -2.64. The van der Waals surface area contributed by atoms with Gasteiger partial charge in [-0.1, -0.05) is 48.5 Å². The molecule has 0 radical (unpaired) electrons. The van der Waals surface area contributed by atoms with Crippen LogP contribution in [0.4, 0.5) is 0 Å². The zero-order valence-corrected chi connectivity index (χ0v) is 20.9. The molecule has 1 saturated heterocycles. The molecule has 3 amide bonds. The standard InChI is InChI=1S/C25H32N4O5S/c1-17(2)26-24(31)22(14-19-10-6-4-7-11-19)28-35(33,34)21-15-29(16-21)25(32)18(3)27-23(30)20-12-8-5-9-13-20/h4-13,17-18,21-22,28H,14-16H2,1-3H3,(H,26,31)(H,27,30)/t18-,22-/m0/s1. The minimum atomic E-state index is -3.87. The molecule has 0 unspecified atom stereocenters. The SMILES string of the molecule is CC(C)NC(=O)[C@H](Cc1ccccc1)NS(=O)(=O)C1CN(C(=O)[C@H](C)NC(=O)c2ccccc2)C1. The highest BCUT2D eigenvalue weighted by Crippen LogP contribution is 2.18. The van der Waals surface area contributed by atoms with Crippen LogP contribution >= 0.6 is 0 Å². The first-order valence-corrected chi connectivity index (χ1v) is 13.1. The van der Waals surface area contributed by atoms with Crippen molar-refractivity contribution < 1.29 is 22.8 Å². The van der Waals surface area contributed by atoms with Gasteiger partial charge in [0.1, 0.15) is 17.3 Å². The second-order valence-electron chi connectivity index (χ2n) is 8.99. The van der Waals surface area contributed by atoms with Crippen molar-refractivity contribution in [2.24, 2.45) is 0 Å². The van der Waals surface area contributed by atoms with Crippen molar-refractivity contribution in [1.29, 1.82) is 0 Å². The van der Waals surface area contributed by atoms with Crippen molar-refractivity contribution in [1.82, 2.24) is 20.3 Å². The van der Waals surface area contributed by atoms with Gasteiger partial charge in [0.15, 0.2) is 0 Å². The van der Waals surface area contributed by atoms with Crippen LogP contribution in [-0.4, -0.2) is 67.5 Å². The summed E-state index contributed by atoms with van der Waals surface area (Å²) >= 11 is 0. The molecule has 10 heteroatoms. The Labute approximate surface area is 206 Å². The molecule has 0 aliphatic carbocycles. The highest BCUT2D eigenvalue weighted by Gasteiger charge is 2.42. The highest BCUT2D eigenvalue weighted by molar-refractivity contribution is 7.90. The molecule has 1 fully saturated rings. The van der Waals surface area contributed by atoms with Gasteiger partial charge in [0.05, 0.1) is 0 Å². The van der Waals surface area contributed by atoms with Crippen molar-refractivity contribution in [3.8, 4) is 0 Å². The lowest BCUT2D eigenvalue weighted by atomic mass is 10.1. The first-order valence-electron chi connectivity index (χ1n) is 11.6. The summed E-state index contributed by atoms with van der Waals surface area (Å²) in [6, 6.07) is 15.8. The minimum absolute atomic E-state index is 0.0103. The van der Waals surface area contributed by atoms with Gasteiger partial charge in [0, 0.05) is 24.7 Å². The molecule has 1 aliphatic rings. The molecule has 0 aromatic heterocycles. The summed E-state index contributed by atoms with van der Waals surface area (Å²) in [5, 5.41) is 4.57. The number of amides is 3. The maximum atomic E-state index is 13.0. The Morgan fingerprint density at radius 1 is 0.914 bits per heavy atom. The van der Waals surface area contributed by atoms with Gasteiger partial charge >= 0.3 is 0 Å². The van der Waals surface area contributed by atoms with E-state index >= 15 is 0 Å². The van der Waals surface area contributed by atoms with Crippen LogP contribution in [0, 0.1) is 0 Å². The van der Waals surface area contributed by atoms with E-state index in [4.69, 9.17) is 0 Å². The van der Waals surface area contributed by atoms with Crippen LogP contribution in [0.15, 0.2) is 60.7 Å². The Kier molecular flexibility index (Phi) is 8.63. The average Bonchev–Trinajstić information content (AvgIpc) is 2.78. The van der Waals surface area contributed by atoms with E-state index in [0.29, 0.717) is 5.56 Å². The molecule has 2 aromatic carbocycles. The monoisotopic (exact) mass is 500 g/mol. The Morgan fingerprint density at radius 2 is 1.49 bits per heavy atom. The normalized spacial score (nSPS) is 15.7. The number of nitrogens with one attached hydrogen (secondary N) is 3. The van der Waals surface area contributed by atoms with Crippen molar-refractivity contribution in [3.05, 3.63) is 71.8 Å². The van der Waals surface area contributed by atoms with Gasteiger partial charge in [0.2, 0.25) is 21.8 Å². The molecule has 1 aliphatic heterocycles. The lowest BCUT2D eigenvalue weighted by molar-refractivity contribution is -0.136. The Hall–Kier alpha value is -3.24. The van der Waals surface area contributed by atoms with E-state index in [0.717, 1.165) is 5.56 Å². The van der Waals surface area contributed by atoms with Gasteiger partial charge in [-0.15, -0.1) is 0 Å². The molecule has 0 saturated carbocycles. The molecule has 35 heavy (non-hydrogen) atoms. The minimum Gasteiger partial charge on any atom is -0.353 e. The number of nitrogens with zero attached hydrogens (tertiary/aromatic N) is 1. The zero-order chi connectivity index (χ0) is 25.6. The van der Waals surface area contributed by atoms with Crippen LogP contribution in [0.1, 0.15) is 36.7 Å². The smallest absolute Gasteiger partial charge is 0.251 e. The molecule has 2 atom stereocenters. The van der Waals surface area contributed by atoms with Gasteiger partial charge in [-0.05, 0) is 44.9 Å². The fourth-order valence-electron chi connectivity index (χ4n) is 3.74. The molecule has 3 rings (SSSR count). The molecule has 1 heterocycles. The van der Waals surface area contributed by atoms with E-state index in [1.54, 1.807) is 51.1 Å². The van der Waals surface area contributed by atoms with Gasteiger partial charge in [-0.25, -0.2) is 13.1 Å². The number of likely N-dealkylation sites (tertiary alicyclic amines) is 1. The van der Waals surface area contributed by atoms with Crippen LogP contribution in [0.5, 0.6) is 0 Å². The zero-order valence-electron chi connectivity index (χ0n) is 20.1. The molecule has 0 bridgehead atoms. The maximum Gasteiger partial charge on any atom is 0.251 e. The second-order valence-corrected chi connectivity index (χ2v) is 11.0. The summed E-state index contributed by atoms with van der Waals surface area (Å²) in [5.41, 5.74) is 1.26. The van der Waals surface area contributed by atoms with Crippen molar-refractivity contribution in [2.45, 2.75) is 50.6 Å². The van der Waals surface area contributed by atoms with Crippen molar-refractivity contribution in [3.63, 3.8) is 0 Å². The van der Waals surface area contributed by atoms with Crippen LogP contribution in [0.2, 0.25) is 0 Å². The number of rotatable bonds is 10. The third-order valence-corrected chi connectivity index (χ3v) is 7.48. The lowest BCUT2D eigenvalue weighted by Gasteiger charge is -2.40. The number of hydrogen-bond acceptors (Lipinski definition) is 5. The molecule has 0 spiro atoms.